The van der Waals surface area contributed by atoms with Crippen molar-refractivity contribution in [2.75, 3.05) is 0 Å². The first kappa shape index (κ1) is 20.2. The van der Waals surface area contributed by atoms with Crippen LogP contribution in [0.15, 0.2) is 109 Å². The van der Waals surface area contributed by atoms with Gasteiger partial charge in [-0.2, -0.15) is 0 Å². The van der Waals surface area contributed by atoms with Gasteiger partial charge in [0.15, 0.2) is 0 Å². The Labute approximate surface area is 210 Å². The van der Waals surface area contributed by atoms with Gasteiger partial charge < -0.3 is 0 Å². The van der Waals surface area contributed by atoms with Gasteiger partial charge in [-0.1, -0.05) is 109 Å². The summed E-state index contributed by atoms with van der Waals surface area (Å²) in [5, 5.41) is 0. The average molecular weight is 465 g/mol. The fourth-order valence-electron chi connectivity index (χ4n) is 7.87. The number of hydrogen-bond acceptors (Lipinski definition) is 2. The van der Waals surface area contributed by atoms with Crippen molar-refractivity contribution < 1.29 is 9.59 Å². The second kappa shape index (κ2) is 7.24. The van der Waals surface area contributed by atoms with Gasteiger partial charge in [-0.05, 0) is 44.5 Å². The molecule has 4 atom stereocenters. The lowest BCUT2D eigenvalue weighted by molar-refractivity contribution is -0.146. The molecule has 2 nitrogen and oxygen atoms in total. The monoisotopic (exact) mass is 464 g/mol. The maximum absolute atomic E-state index is 14.6. The minimum absolute atomic E-state index is 0.0531. The Morgan fingerprint density at radius 3 is 1.00 bits per heavy atom. The molecule has 4 aromatic rings. The smallest absolute Gasteiger partial charge is 0.146 e. The Kier molecular flexibility index (Phi) is 4.06. The summed E-state index contributed by atoms with van der Waals surface area (Å²) in [5.41, 5.74) is 9.13. The molecule has 0 spiro atoms. The molecule has 0 unspecified atom stereocenters. The first-order chi connectivity index (χ1) is 17.8. The van der Waals surface area contributed by atoms with E-state index in [-0.39, 0.29) is 47.1 Å². The van der Waals surface area contributed by atoms with Crippen molar-refractivity contribution in [3.05, 3.63) is 143 Å². The Morgan fingerprint density at radius 2 is 0.667 bits per heavy atom. The molecule has 4 aromatic carbocycles. The van der Waals surface area contributed by atoms with E-state index in [1.807, 2.05) is 36.4 Å². The third-order valence-corrected chi connectivity index (χ3v) is 9.12. The van der Waals surface area contributed by atoms with Crippen LogP contribution in [0.4, 0.5) is 0 Å². The van der Waals surface area contributed by atoms with Crippen LogP contribution in [0.1, 0.15) is 45.2 Å². The summed E-state index contributed by atoms with van der Waals surface area (Å²) < 4.78 is 0. The quantitative estimate of drug-likeness (QED) is 0.339. The molecule has 0 radical (unpaired) electrons. The summed E-state index contributed by atoms with van der Waals surface area (Å²) in [6, 6.07) is 37.4. The van der Waals surface area contributed by atoms with E-state index in [1.54, 1.807) is 0 Å². The minimum atomic E-state index is -0.366. The number of ketones is 2. The number of rotatable bonds is 2. The molecule has 1 fully saturated rings. The van der Waals surface area contributed by atoms with Gasteiger partial charge in [0.05, 0.1) is 11.8 Å². The third kappa shape index (κ3) is 2.42. The summed E-state index contributed by atoms with van der Waals surface area (Å²) in [7, 11) is 0. The molecule has 2 bridgehead atoms. The van der Waals surface area contributed by atoms with E-state index in [0.717, 1.165) is 22.3 Å². The second-order valence-corrected chi connectivity index (χ2v) is 10.6. The molecule has 36 heavy (non-hydrogen) atoms. The van der Waals surface area contributed by atoms with Crippen molar-refractivity contribution in [3.63, 3.8) is 0 Å². The van der Waals surface area contributed by atoms with E-state index in [0.29, 0.717) is 0 Å². The molecular weight excluding hydrogens is 440 g/mol. The number of carbonyl (C=O) groups excluding carboxylic acids is 2. The Hall–Kier alpha value is -4.04. The predicted molar refractivity (Wildman–Crippen MR) is 140 cm³/mol. The van der Waals surface area contributed by atoms with E-state index in [1.165, 1.54) is 22.3 Å². The molecule has 0 amide bonds. The number of carbonyl (C=O) groups is 2. The van der Waals surface area contributed by atoms with Gasteiger partial charge in [-0.3, -0.25) is 9.59 Å². The molecule has 1 saturated carbocycles. The van der Waals surface area contributed by atoms with Gasteiger partial charge >= 0.3 is 0 Å². The topological polar surface area (TPSA) is 34.1 Å². The maximum atomic E-state index is 14.6. The van der Waals surface area contributed by atoms with Crippen LogP contribution in [-0.4, -0.2) is 11.6 Å². The number of benzene rings is 4. The molecule has 172 valence electrons. The number of Topliss-reactive ketones (excluding diaryl/α,β-unsaturated/α-hetero) is 2. The average Bonchev–Trinajstić information content (AvgIpc) is 2.92. The van der Waals surface area contributed by atoms with Crippen LogP contribution < -0.4 is 0 Å². The second-order valence-electron chi connectivity index (χ2n) is 10.6. The van der Waals surface area contributed by atoms with Crippen molar-refractivity contribution in [3.8, 4) is 0 Å². The summed E-state index contributed by atoms with van der Waals surface area (Å²) >= 11 is 0. The van der Waals surface area contributed by atoms with Crippen LogP contribution in [0.25, 0.3) is 11.1 Å². The van der Waals surface area contributed by atoms with E-state index < -0.39 is 0 Å². The zero-order valence-corrected chi connectivity index (χ0v) is 19.7. The van der Waals surface area contributed by atoms with Crippen molar-refractivity contribution >= 4 is 22.7 Å². The first-order valence-corrected chi connectivity index (χ1v) is 12.9. The van der Waals surface area contributed by atoms with E-state index in [2.05, 4.69) is 72.8 Å². The van der Waals surface area contributed by atoms with Gasteiger partial charge in [-0.25, -0.2) is 0 Å². The summed E-state index contributed by atoms with van der Waals surface area (Å²) in [4.78, 5) is 29.1. The molecule has 0 aromatic heterocycles. The van der Waals surface area contributed by atoms with Crippen molar-refractivity contribution in [1.29, 1.82) is 0 Å². The van der Waals surface area contributed by atoms with Gasteiger partial charge in [0, 0.05) is 23.7 Å². The molecule has 0 saturated heterocycles. The predicted octanol–water partition coefficient (Wildman–Crippen LogP) is 6.52. The summed E-state index contributed by atoms with van der Waals surface area (Å²) in [6.07, 6.45) is 0. The fraction of sp³-hybridized carbons (Fsp3) is 0.176. The fourth-order valence-corrected chi connectivity index (χ4v) is 7.87. The molecule has 0 N–H and O–H groups in total. The van der Waals surface area contributed by atoms with E-state index in [9.17, 15) is 9.59 Å². The highest BCUT2D eigenvalue weighted by molar-refractivity contribution is 6.22. The van der Waals surface area contributed by atoms with Gasteiger partial charge in [0.1, 0.15) is 11.6 Å². The van der Waals surface area contributed by atoms with Crippen LogP contribution in [0.3, 0.4) is 0 Å². The van der Waals surface area contributed by atoms with E-state index in [4.69, 9.17) is 0 Å². The number of fused-ring (bicyclic) bond motifs is 1. The van der Waals surface area contributed by atoms with Crippen LogP contribution in [0.2, 0.25) is 0 Å². The van der Waals surface area contributed by atoms with E-state index >= 15 is 0 Å². The molecule has 5 aliphatic carbocycles. The van der Waals surface area contributed by atoms with Crippen LogP contribution in [0, 0.1) is 23.7 Å². The lowest BCUT2D eigenvalue weighted by Crippen LogP contribution is -2.59. The maximum Gasteiger partial charge on any atom is 0.146 e. The molecular formula is C34H24O2. The van der Waals surface area contributed by atoms with Gasteiger partial charge in [-0.15, -0.1) is 0 Å². The highest BCUT2D eigenvalue weighted by Crippen LogP contribution is 2.66. The van der Waals surface area contributed by atoms with Gasteiger partial charge in [0.25, 0.3) is 0 Å². The normalized spacial score (nSPS) is 29.1. The van der Waals surface area contributed by atoms with Crippen molar-refractivity contribution in [2.24, 2.45) is 23.7 Å². The zero-order chi connectivity index (χ0) is 24.0. The highest BCUT2D eigenvalue weighted by Gasteiger charge is 2.65. The number of allylic oxidation sites excluding steroid dienone is 2. The van der Waals surface area contributed by atoms with Crippen LogP contribution in [-0.2, 0) is 9.59 Å². The lowest BCUT2D eigenvalue weighted by Gasteiger charge is -2.57. The SMILES string of the molecule is O=C1[C@@H]2C(c3ccccc3)=C(c3ccccc3)[C@@H]2C(=O)[C@H]2C3c4ccccc4C(c4ccccc43)[C@H]12. The summed E-state index contributed by atoms with van der Waals surface area (Å²) in [6.45, 7) is 0. The zero-order valence-electron chi connectivity index (χ0n) is 19.7. The Balaban J connectivity index is 1.36. The third-order valence-electron chi connectivity index (χ3n) is 9.12. The first-order valence-electron chi connectivity index (χ1n) is 12.9. The molecule has 9 rings (SSSR count). The summed E-state index contributed by atoms with van der Waals surface area (Å²) in [5.74, 6) is -0.936. The standard InChI is InChI=1S/C34H24O2/c35-33-29-25(19-11-3-1-4-12-19)26(20-13-5-2-6-14-20)30(29)34(36)32-28-23-17-9-7-15-21(23)27(31(32)33)22-16-8-10-18-24(22)28/h1-18,27-32H/t27?,28?,29-,30+,31-,32-/m0/s1. The Morgan fingerprint density at radius 1 is 0.361 bits per heavy atom. The van der Waals surface area contributed by atoms with Crippen LogP contribution >= 0.6 is 0 Å². The molecule has 0 heterocycles. The van der Waals surface area contributed by atoms with Crippen molar-refractivity contribution in [1.82, 2.24) is 0 Å². The Bertz CT molecular complexity index is 1430. The lowest BCUT2D eigenvalue weighted by atomic mass is 9.43. The van der Waals surface area contributed by atoms with Crippen molar-refractivity contribution in [2.45, 2.75) is 11.8 Å². The molecule has 5 aliphatic rings. The largest absolute Gasteiger partial charge is 0.299 e. The minimum Gasteiger partial charge on any atom is -0.299 e. The van der Waals surface area contributed by atoms with Gasteiger partial charge in [0.2, 0.25) is 0 Å². The molecule has 2 heteroatoms. The molecule has 0 aliphatic heterocycles. The number of hydrogen-bond donors (Lipinski definition) is 0. The highest BCUT2D eigenvalue weighted by atomic mass is 16.1. The van der Waals surface area contributed by atoms with Crippen LogP contribution in [0.5, 0.6) is 0 Å².